The van der Waals surface area contributed by atoms with Gasteiger partial charge in [0, 0.05) is 24.4 Å². The topological polar surface area (TPSA) is 70.7 Å². The number of rotatable bonds is 7. The fourth-order valence-corrected chi connectivity index (χ4v) is 3.43. The van der Waals surface area contributed by atoms with Gasteiger partial charge in [0.1, 0.15) is 0 Å². The van der Waals surface area contributed by atoms with E-state index in [2.05, 4.69) is 10.6 Å². The second-order valence-electron chi connectivity index (χ2n) is 7.15. The summed E-state index contributed by atoms with van der Waals surface area (Å²) >= 11 is 5.51. The lowest BCUT2D eigenvalue weighted by Crippen LogP contribution is -2.47. The average molecular weight is 404 g/mol. The summed E-state index contributed by atoms with van der Waals surface area (Å²) in [6, 6.07) is 7.01. The minimum atomic E-state index is -0.437. The van der Waals surface area contributed by atoms with Crippen LogP contribution >= 0.6 is 12.2 Å². The van der Waals surface area contributed by atoms with Crippen molar-refractivity contribution < 1.29 is 14.3 Å². The lowest BCUT2D eigenvalue weighted by Gasteiger charge is -2.37. The molecule has 1 amide bonds. The molecule has 7 heteroatoms. The number of nitrogens with zero attached hydrogens (tertiary/aromatic N) is 1. The number of nitrogens with one attached hydrogen (secondary N) is 2. The third-order valence-electron chi connectivity index (χ3n) is 4.51. The molecule has 0 radical (unpaired) electrons. The number of carbonyl (C=O) groups is 2. The number of thiocarbonyl (C=S) groups is 1. The zero-order valence-electron chi connectivity index (χ0n) is 17.2. The van der Waals surface area contributed by atoms with Gasteiger partial charge in [-0.1, -0.05) is 32.9 Å². The van der Waals surface area contributed by atoms with Crippen LogP contribution in [0.3, 0.4) is 0 Å². The van der Waals surface area contributed by atoms with Crippen LogP contribution < -0.4 is 10.6 Å². The number of amides is 1. The summed E-state index contributed by atoms with van der Waals surface area (Å²) in [6.07, 6.45) is 0.396. The Labute approximate surface area is 172 Å². The summed E-state index contributed by atoms with van der Waals surface area (Å²) in [4.78, 5) is 26.5. The van der Waals surface area contributed by atoms with E-state index < -0.39 is 6.04 Å². The van der Waals surface area contributed by atoms with Crippen LogP contribution in [0.15, 0.2) is 35.5 Å². The molecule has 2 N–H and O–H groups in total. The Morgan fingerprint density at radius 1 is 1.32 bits per heavy atom. The zero-order valence-corrected chi connectivity index (χ0v) is 18.0. The highest BCUT2D eigenvalue weighted by Crippen LogP contribution is 2.32. The summed E-state index contributed by atoms with van der Waals surface area (Å²) in [5.74, 6) is -0.173. The van der Waals surface area contributed by atoms with Gasteiger partial charge in [0.05, 0.1) is 18.2 Å². The van der Waals surface area contributed by atoms with Gasteiger partial charge in [0.25, 0.3) is 0 Å². The maximum absolute atomic E-state index is 12.9. The number of benzene rings is 1. The molecule has 1 aliphatic rings. The normalized spacial score (nSPS) is 16.9. The minimum absolute atomic E-state index is 0.0651. The molecule has 152 valence electrons. The van der Waals surface area contributed by atoms with Crippen LogP contribution in [-0.2, 0) is 14.3 Å². The highest BCUT2D eigenvalue weighted by Gasteiger charge is 2.34. The van der Waals surface area contributed by atoms with Crippen molar-refractivity contribution in [3.05, 3.63) is 41.1 Å². The number of hydrogen-bond acceptors (Lipinski definition) is 4. The highest BCUT2D eigenvalue weighted by atomic mass is 32.1. The fraction of sp³-hybridized carbons (Fsp3) is 0.476. The summed E-state index contributed by atoms with van der Waals surface area (Å²) in [7, 11) is 0. The van der Waals surface area contributed by atoms with Gasteiger partial charge in [-0.2, -0.15) is 0 Å². The molecule has 1 heterocycles. The number of anilines is 1. The van der Waals surface area contributed by atoms with Gasteiger partial charge in [0.15, 0.2) is 5.11 Å². The van der Waals surface area contributed by atoms with E-state index in [1.807, 2.05) is 56.9 Å². The Morgan fingerprint density at radius 3 is 2.64 bits per heavy atom. The Bertz CT molecular complexity index is 789. The summed E-state index contributed by atoms with van der Waals surface area (Å²) < 4.78 is 5.53. The molecule has 1 atom stereocenters. The molecule has 0 saturated heterocycles. The first-order chi connectivity index (χ1) is 13.3. The van der Waals surface area contributed by atoms with E-state index in [9.17, 15) is 9.59 Å². The second kappa shape index (κ2) is 9.68. The molecule has 0 fully saturated rings. The summed E-state index contributed by atoms with van der Waals surface area (Å²) in [6.45, 7) is 10.7. The fourth-order valence-electron chi connectivity index (χ4n) is 3.04. The van der Waals surface area contributed by atoms with Crippen molar-refractivity contribution in [2.75, 3.05) is 18.5 Å². The van der Waals surface area contributed by atoms with Gasteiger partial charge in [-0.15, -0.1) is 0 Å². The first-order valence-electron chi connectivity index (χ1n) is 9.64. The summed E-state index contributed by atoms with van der Waals surface area (Å²) in [5.41, 5.74) is 2.84. The SMILES string of the molecule is CCC(=O)Nc1cccc(C2NC(=S)N(CC)C(C)=C2C(=O)OCC(C)C)c1. The van der Waals surface area contributed by atoms with Gasteiger partial charge in [-0.3, -0.25) is 4.79 Å². The van der Waals surface area contributed by atoms with Crippen molar-refractivity contribution >= 4 is 34.9 Å². The third kappa shape index (κ3) is 5.10. The average Bonchev–Trinajstić information content (AvgIpc) is 2.66. The maximum Gasteiger partial charge on any atom is 0.338 e. The number of esters is 1. The number of ether oxygens (including phenoxy) is 1. The number of hydrogen-bond donors (Lipinski definition) is 2. The zero-order chi connectivity index (χ0) is 20.8. The molecular weight excluding hydrogens is 374 g/mol. The van der Waals surface area contributed by atoms with Crippen molar-refractivity contribution in [3.8, 4) is 0 Å². The molecule has 0 bridgehead atoms. The minimum Gasteiger partial charge on any atom is -0.462 e. The van der Waals surface area contributed by atoms with Gasteiger partial charge >= 0.3 is 5.97 Å². The quantitative estimate of drug-likeness (QED) is 0.534. The van der Waals surface area contributed by atoms with E-state index in [0.717, 1.165) is 11.3 Å². The van der Waals surface area contributed by atoms with Crippen LogP contribution in [-0.4, -0.2) is 35.0 Å². The van der Waals surface area contributed by atoms with Crippen LogP contribution in [0.25, 0.3) is 0 Å². The molecule has 1 aliphatic heterocycles. The van der Waals surface area contributed by atoms with Crippen LogP contribution in [0.4, 0.5) is 5.69 Å². The lowest BCUT2D eigenvalue weighted by molar-refractivity contribution is -0.140. The Hall–Kier alpha value is -2.41. The van der Waals surface area contributed by atoms with E-state index >= 15 is 0 Å². The van der Waals surface area contributed by atoms with Crippen LogP contribution in [0.5, 0.6) is 0 Å². The van der Waals surface area contributed by atoms with Crippen LogP contribution in [0.1, 0.15) is 52.6 Å². The smallest absolute Gasteiger partial charge is 0.338 e. The van der Waals surface area contributed by atoms with Crippen LogP contribution in [0.2, 0.25) is 0 Å². The molecule has 0 aromatic heterocycles. The van der Waals surface area contributed by atoms with Gasteiger partial charge in [-0.05, 0) is 49.7 Å². The monoisotopic (exact) mass is 403 g/mol. The first kappa shape index (κ1) is 21.9. The van der Waals surface area contributed by atoms with Crippen molar-refractivity contribution in [3.63, 3.8) is 0 Å². The number of allylic oxidation sites excluding steroid dienone is 1. The van der Waals surface area contributed by atoms with Gasteiger partial charge in [-0.25, -0.2) is 4.79 Å². The van der Waals surface area contributed by atoms with E-state index in [4.69, 9.17) is 17.0 Å². The molecule has 28 heavy (non-hydrogen) atoms. The predicted octanol–water partition coefficient (Wildman–Crippen LogP) is 3.76. The highest BCUT2D eigenvalue weighted by molar-refractivity contribution is 7.80. The first-order valence-corrected chi connectivity index (χ1v) is 10.0. The predicted molar refractivity (Wildman–Crippen MR) is 115 cm³/mol. The maximum atomic E-state index is 12.9. The molecule has 0 aliphatic carbocycles. The third-order valence-corrected chi connectivity index (χ3v) is 4.84. The van der Waals surface area contributed by atoms with Crippen LogP contribution in [0, 0.1) is 5.92 Å². The molecular formula is C21H29N3O3S. The Morgan fingerprint density at radius 2 is 2.04 bits per heavy atom. The Kier molecular flexibility index (Phi) is 7.57. The van der Waals surface area contributed by atoms with Crippen molar-refractivity contribution in [1.82, 2.24) is 10.2 Å². The van der Waals surface area contributed by atoms with E-state index in [-0.39, 0.29) is 17.8 Å². The molecule has 1 aromatic carbocycles. The van der Waals surface area contributed by atoms with E-state index in [1.165, 1.54) is 0 Å². The largest absolute Gasteiger partial charge is 0.462 e. The van der Waals surface area contributed by atoms with Crippen molar-refractivity contribution in [2.24, 2.45) is 5.92 Å². The number of carbonyl (C=O) groups excluding carboxylic acids is 2. The standard InChI is InChI=1S/C21H29N3O3S/c1-6-17(25)22-16-10-8-9-15(11-16)19-18(20(26)27-12-13(3)4)14(5)24(7-2)21(28)23-19/h8-11,13,19H,6-7,12H2,1-5H3,(H,22,25)(H,23,28). The summed E-state index contributed by atoms with van der Waals surface area (Å²) in [5, 5.41) is 6.68. The molecule has 6 nitrogen and oxygen atoms in total. The van der Waals surface area contributed by atoms with E-state index in [1.54, 1.807) is 6.92 Å². The van der Waals surface area contributed by atoms with Crippen molar-refractivity contribution in [1.29, 1.82) is 0 Å². The molecule has 1 aromatic rings. The lowest BCUT2D eigenvalue weighted by atomic mass is 9.94. The molecule has 0 saturated carbocycles. The van der Waals surface area contributed by atoms with Crippen molar-refractivity contribution in [2.45, 2.75) is 47.1 Å². The van der Waals surface area contributed by atoms with Gasteiger partial charge in [0.2, 0.25) is 5.91 Å². The molecule has 1 unspecified atom stereocenters. The molecule has 0 spiro atoms. The second-order valence-corrected chi connectivity index (χ2v) is 7.53. The molecule has 2 rings (SSSR count). The van der Waals surface area contributed by atoms with Gasteiger partial charge < -0.3 is 20.3 Å². The van der Waals surface area contributed by atoms with E-state index in [0.29, 0.717) is 35.9 Å². The Balaban J connectivity index is 2.43.